The third-order valence-corrected chi connectivity index (χ3v) is 5.05. The summed E-state index contributed by atoms with van der Waals surface area (Å²) in [5.41, 5.74) is 0.240. The first kappa shape index (κ1) is 23.0. The Morgan fingerprint density at radius 3 is 2.56 bits per heavy atom. The third-order valence-electron chi connectivity index (χ3n) is 3.64. The van der Waals surface area contributed by atoms with Crippen LogP contribution in [0.15, 0.2) is 39.5 Å². The Kier molecular flexibility index (Phi) is 8.05. The van der Waals surface area contributed by atoms with Crippen LogP contribution >= 0.6 is 0 Å². The number of benzene rings is 2. The third kappa shape index (κ3) is 4.19. The Labute approximate surface area is 213 Å². The van der Waals surface area contributed by atoms with Gasteiger partial charge in [0.2, 0.25) is 0 Å². The van der Waals surface area contributed by atoms with Gasteiger partial charge in [0, 0.05) is 0 Å². The van der Waals surface area contributed by atoms with Crippen molar-refractivity contribution in [2.45, 2.75) is 0 Å². The largest absolute Gasteiger partial charge is 1.00 e. The van der Waals surface area contributed by atoms with Crippen LogP contribution in [0.3, 0.4) is 0 Å². The quantitative estimate of drug-likeness (QED) is 0.324. The van der Waals surface area contributed by atoms with Gasteiger partial charge in [-0.1, -0.05) is 0 Å². The Morgan fingerprint density at radius 2 is 1.85 bits per heavy atom. The van der Waals surface area contributed by atoms with E-state index in [0.29, 0.717) is 17.1 Å². The average Bonchev–Trinajstić information content (AvgIpc) is 3.08. The fraction of sp³-hybridized carbons (Fsp3) is 0.0625. The molecule has 128 valence electrons. The molecule has 1 aromatic heterocycles. The van der Waals surface area contributed by atoms with Gasteiger partial charge < -0.3 is 0 Å². The van der Waals surface area contributed by atoms with Crippen molar-refractivity contribution in [1.82, 2.24) is 0 Å². The summed E-state index contributed by atoms with van der Waals surface area (Å²) >= 11 is 1.92. The number of fused-ring (bicyclic) bond motifs is 2. The summed E-state index contributed by atoms with van der Waals surface area (Å²) < 4.78 is 26.9. The molecule has 0 amide bonds. The predicted molar refractivity (Wildman–Crippen MR) is 87.3 cm³/mol. The van der Waals surface area contributed by atoms with Crippen molar-refractivity contribution in [2.75, 3.05) is 7.11 Å². The first-order valence-electron chi connectivity index (χ1n) is 6.93. The summed E-state index contributed by atoms with van der Waals surface area (Å²) in [6.45, 7) is 0. The van der Waals surface area contributed by atoms with Crippen LogP contribution in [0.4, 0.5) is 0 Å². The van der Waals surface area contributed by atoms with E-state index >= 15 is 0 Å². The average molecular weight is 516 g/mol. The SMILES string of the molecule is COc1c(-c2ccc3c(c2)O[Se]O3)oc2cc([O-])cc(O[Se-])c2c1=O.[Na+].[Na+]. The standard InChI is InChI=1S/C16H10O7Se2.2Na/c1-19-16-14(18)13-11(5-8(17)6-12(13)21-24)20-15(16)7-2-3-9-10(4-7)23-25-22-9;;/h2-6,17,24H,1H3;;/q;2*+1/p-2. The Hall–Kier alpha value is -0.311. The molecule has 0 fully saturated rings. The number of rotatable bonds is 3. The number of hydrogen-bond donors (Lipinski definition) is 0. The van der Waals surface area contributed by atoms with Gasteiger partial charge in [-0.25, -0.2) is 0 Å². The van der Waals surface area contributed by atoms with E-state index < -0.39 is 21.0 Å². The van der Waals surface area contributed by atoms with Gasteiger partial charge >= 0.3 is 215 Å². The van der Waals surface area contributed by atoms with E-state index in [9.17, 15) is 9.90 Å². The van der Waals surface area contributed by atoms with Crippen molar-refractivity contribution in [3.63, 3.8) is 0 Å². The summed E-state index contributed by atoms with van der Waals surface area (Å²) in [7, 11) is 1.37. The maximum absolute atomic E-state index is 12.8. The van der Waals surface area contributed by atoms with Crippen LogP contribution in [-0.2, 0) is 0 Å². The minimum atomic E-state index is -0.439. The Balaban J connectivity index is 0.00000131. The summed E-state index contributed by atoms with van der Waals surface area (Å²) in [5, 5.41) is 11.9. The van der Waals surface area contributed by atoms with Crippen LogP contribution in [0.1, 0.15) is 0 Å². The molecule has 27 heavy (non-hydrogen) atoms. The molecular formula is C16H8Na2O7Se2. The Morgan fingerprint density at radius 1 is 1.11 bits per heavy atom. The summed E-state index contributed by atoms with van der Waals surface area (Å²) in [4.78, 5) is 12.8. The van der Waals surface area contributed by atoms with E-state index in [1.807, 2.05) is 0 Å². The van der Waals surface area contributed by atoms with Crippen LogP contribution in [0.25, 0.3) is 22.3 Å². The second-order valence-electron chi connectivity index (χ2n) is 5.07. The molecule has 1 aliphatic heterocycles. The van der Waals surface area contributed by atoms with Gasteiger partial charge in [0.1, 0.15) is 0 Å². The van der Waals surface area contributed by atoms with Crippen molar-refractivity contribution in [2.24, 2.45) is 0 Å². The maximum atomic E-state index is 12.8. The molecule has 0 radical (unpaired) electrons. The molecule has 7 nitrogen and oxygen atoms in total. The second-order valence-corrected chi connectivity index (χ2v) is 6.40. The number of methoxy groups -OCH3 is 1. The fourth-order valence-corrected chi connectivity index (χ4v) is 3.77. The summed E-state index contributed by atoms with van der Waals surface area (Å²) in [5.74, 6) is 1.15. The van der Waals surface area contributed by atoms with Gasteiger partial charge in [0.25, 0.3) is 0 Å². The van der Waals surface area contributed by atoms with Crippen LogP contribution < -0.4 is 85.8 Å². The number of ether oxygens (including phenoxy) is 1. The smallest absolute Gasteiger partial charge is 1.00 e. The molecule has 1 aliphatic rings. The molecule has 0 saturated carbocycles. The van der Waals surface area contributed by atoms with Crippen molar-refractivity contribution in [3.05, 3.63) is 40.6 Å². The molecule has 0 N–H and O–H groups in total. The van der Waals surface area contributed by atoms with Crippen molar-refractivity contribution >= 4 is 42.9 Å². The molecule has 0 aliphatic carbocycles. The summed E-state index contributed by atoms with van der Waals surface area (Å²) in [6.07, 6.45) is 0. The molecule has 0 atom stereocenters. The molecular weight excluding hydrogens is 508 g/mol. The fourth-order valence-electron chi connectivity index (χ4n) is 2.56. The van der Waals surface area contributed by atoms with Crippen LogP contribution in [0, 0.1) is 0 Å². The molecule has 0 saturated heterocycles. The van der Waals surface area contributed by atoms with Crippen molar-refractivity contribution < 1.29 is 84.8 Å². The van der Waals surface area contributed by atoms with Crippen LogP contribution in [-0.4, -0.2) is 39.1 Å². The normalized spacial score (nSPS) is 11.5. The Bertz CT molecular complexity index is 1060. The minimum Gasteiger partial charge on any atom is 1.00 e. The maximum Gasteiger partial charge on any atom is 1.00 e. The van der Waals surface area contributed by atoms with Gasteiger partial charge in [-0.05, 0) is 0 Å². The molecule has 2 aromatic carbocycles. The van der Waals surface area contributed by atoms with Gasteiger partial charge in [-0.15, -0.1) is 0 Å². The molecule has 11 heteroatoms. The first-order chi connectivity index (χ1) is 12.1. The zero-order valence-electron chi connectivity index (χ0n) is 14.6. The number of hydrogen-bond acceptors (Lipinski definition) is 7. The van der Waals surface area contributed by atoms with E-state index in [1.54, 1.807) is 18.2 Å². The van der Waals surface area contributed by atoms with Gasteiger partial charge in [0.15, 0.2) is 0 Å². The molecule has 3 aromatic rings. The topological polar surface area (TPSA) is 90.2 Å². The van der Waals surface area contributed by atoms with Gasteiger partial charge in [-0.2, -0.15) is 0 Å². The van der Waals surface area contributed by atoms with Crippen molar-refractivity contribution in [1.29, 1.82) is 0 Å². The van der Waals surface area contributed by atoms with Crippen LogP contribution in [0.2, 0.25) is 0 Å². The first-order valence-corrected chi connectivity index (χ1v) is 9.03. The monoisotopic (exact) mass is 518 g/mol. The van der Waals surface area contributed by atoms with Gasteiger partial charge in [-0.3, -0.25) is 0 Å². The molecule has 0 spiro atoms. The van der Waals surface area contributed by atoms with Crippen molar-refractivity contribution in [3.8, 4) is 40.1 Å². The van der Waals surface area contributed by atoms with E-state index in [-0.39, 0.29) is 93.1 Å². The molecule has 0 unspecified atom stereocenters. The van der Waals surface area contributed by atoms with E-state index in [4.69, 9.17) is 20.6 Å². The second kappa shape index (κ2) is 9.46. The summed E-state index contributed by atoms with van der Waals surface area (Å²) in [6, 6.07) is 7.59. The molecule has 4 rings (SSSR count). The van der Waals surface area contributed by atoms with Crippen LogP contribution in [0.5, 0.6) is 28.7 Å². The zero-order chi connectivity index (χ0) is 17.6. The molecule has 0 bridgehead atoms. The van der Waals surface area contributed by atoms with E-state index in [2.05, 4.69) is 16.3 Å². The zero-order valence-corrected chi connectivity index (χ0v) is 22.0. The van der Waals surface area contributed by atoms with E-state index in [0.717, 1.165) is 0 Å². The van der Waals surface area contributed by atoms with E-state index in [1.165, 1.54) is 19.2 Å². The predicted octanol–water partition coefficient (Wildman–Crippen LogP) is -4.68. The molecule has 2 heterocycles. The van der Waals surface area contributed by atoms with Gasteiger partial charge in [0.05, 0.1) is 0 Å². The minimum absolute atomic E-state index is 0.